The third-order valence-electron chi connectivity index (χ3n) is 3.73. The van der Waals surface area contributed by atoms with Gasteiger partial charge in [0, 0.05) is 38.3 Å². The van der Waals surface area contributed by atoms with Crippen molar-refractivity contribution in [2.75, 3.05) is 26.2 Å². The van der Waals surface area contributed by atoms with Crippen molar-refractivity contribution >= 4 is 0 Å². The van der Waals surface area contributed by atoms with Crippen molar-refractivity contribution in [3.05, 3.63) is 59.9 Å². The number of rotatable bonds is 3. The second-order valence-corrected chi connectivity index (χ2v) is 5.21. The number of nitrogens with one attached hydrogen (secondary N) is 1. The molecule has 2 nitrogen and oxygen atoms in total. The molecule has 3 heteroatoms. The quantitative estimate of drug-likeness (QED) is 0.922. The zero-order valence-electron chi connectivity index (χ0n) is 11.5. The number of benzene rings is 2. The fourth-order valence-electron chi connectivity index (χ4n) is 2.66. The van der Waals surface area contributed by atoms with Gasteiger partial charge in [-0.25, -0.2) is 4.39 Å². The number of hydrogen-bond acceptors (Lipinski definition) is 2. The van der Waals surface area contributed by atoms with E-state index in [1.807, 2.05) is 24.3 Å². The molecule has 0 unspecified atom stereocenters. The molecule has 1 N–H and O–H groups in total. The molecule has 20 heavy (non-hydrogen) atoms. The highest BCUT2D eigenvalue weighted by Gasteiger charge is 2.11. The van der Waals surface area contributed by atoms with Crippen LogP contribution in [0.15, 0.2) is 48.5 Å². The molecular formula is C17H19FN2. The van der Waals surface area contributed by atoms with Gasteiger partial charge < -0.3 is 5.32 Å². The highest BCUT2D eigenvalue weighted by Crippen LogP contribution is 2.23. The van der Waals surface area contributed by atoms with Crippen LogP contribution < -0.4 is 5.32 Å². The molecule has 3 rings (SSSR count). The molecule has 0 atom stereocenters. The molecule has 0 spiro atoms. The third kappa shape index (κ3) is 3.06. The second-order valence-electron chi connectivity index (χ2n) is 5.21. The first-order valence-electron chi connectivity index (χ1n) is 7.10. The largest absolute Gasteiger partial charge is 0.314 e. The highest BCUT2D eigenvalue weighted by molar-refractivity contribution is 5.64. The molecule has 1 saturated heterocycles. The van der Waals surface area contributed by atoms with Crippen molar-refractivity contribution in [3.63, 3.8) is 0 Å². The van der Waals surface area contributed by atoms with Crippen LogP contribution in [0, 0.1) is 5.82 Å². The lowest BCUT2D eigenvalue weighted by Gasteiger charge is -2.27. The molecule has 0 aromatic heterocycles. The van der Waals surface area contributed by atoms with Gasteiger partial charge in [-0.3, -0.25) is 4.90 Å². The normalized spacial score (nSPS) is 16.2. The molecular weight excluding hydrogens is 251 g/mol. The number of nitrogens with zero attached hydrogens (tertiary/aromatic N) is 1. The molecule has 0 amide bonds. The molecule has 2 aromatic carbocycles. The molecule has 0 saturated carbocycles. The summed E-state index contributed by atoms with van der Waals surface area (Å²) in [5.74, 6) is -0.160. The summed E-state index contributed by atoms with van der Waals surface area (Å²) in [7, 11) is 0. The van der Waals surface area contributed by atoms with Crippen molar-refractivity contribution in [2.45, 2.75) is 6.54 Å². The van der Waals surface area contributed by atoms with Gasteiger partial charge in [-0.1, -0.05) is 36.4 Å². The lowest BCUT2D eigenvalue weighted by atomic mass is 10.0. The summed E-state index contributed by atoms with van der Waals surface area (Å²) in [6, 6.07) is 15.1. The lowest BCUT2D eigenvalue weighted by Crippen LogP contribution is -2.42. The van der Waals surface area contributed by atoms with Crippen LogP contribution in [-0.2, 0) is 6.54 Å². The molecule has 104 valence electrons. The summed E-state index contributed by atoms with van der Waals surface area (Å²) in [5.41, 5.74) is 2.87. The number of halogens is 1. The van der Waals surface area contributed by atoms with E-state index in [1.165, 1.54) is 11.6 Å². The van der Waals surface area contributed by atoms with Crippen LogP contribution in [0.5, 0.6) is 0 Å². The van der Waals surface area contributed by atoms with Gasteiger partial charge in [0.1, 0.15) is 5.82 Å². The summed E-state index contributed by atoms with van der Waals surface area (Å²) < 4.78 is 13.8. The van der Waals surface area contributed by atoms with Gasteiger partial charge in [0.2, 0.25) is 0 Å². The molecule has 0 aliphatic carbocycles. The molecule has 0 bridgehead atoms. The van der Waals surface area contributed by atoms with Crippen molar-refractivity contribution in [2.24, 2.45) is 0 Å². The Bertz CT molecular complexity index is 577. The van der Waals surface area contributed by atoms with Gasteiger partial charge in [0.15, 0.2) is 0 Å². The average molecular weight is 270 g/mol. The Morgan fingerprint density at radius 3 is 2.60 bits per heavy atom. The Morgan fingerprint density at radius 2 is 1.80 bits per heavy atom. The van der Waals surface area contributed by atoms with Crippen LogP contribution in [-0.4, -0.2) is 31.1 Å². The molecule has 1 aliphatic heterocycles. The van der Waals surface area contributed by atoms with Gasteiger partial charge in [-0.2, -0.15) is 0 Å². The minimum atomic E-state index is -0.160. The molecule has 0 radical (unpaired) electrons. The minimum Gasteiger partial charge on any atom is -0.314 e. The predicted molar refractivity (Wildman–Crippen MR) is 80.0 cm³/mol. The maximum atomic E-state index is 13.8. The van der Waals surface area contributed by atoms with Crippen LogP contribution in [0.25, 0.3) is 11.1 Å². The van der Waals surface area contributed by atoms with Gasteiger partial charge in [-0.15, -0.1) is 0 Å². The lowest BCUT2D eigenvalue weighted by molar-refractivity contribution is 0.233. The summed E-state index contributed by atoms with van der Waals surface area (Å²) >= 11 is 0. The van der Waals surface area contributed by atoms with Gasteiger partial charge in [0.25, 0.3) is 0 Å². The molecule has 1 fully saturated rings. The van der Waals surface area contributed by atoms with Gasteiger partial charge in [0.05, 0.1) is 0 Å². The first-order chi connectivity index (χ1) is 9.83. The zero-order valence-corrected chi connectivity index (χ0v) is 11.5. The van der Waals surface area contributed by atoms with E-state index in [2.05, 4.69) is 22.3 Å². The second kappa shape index (κ2) is 6.16. The average Bonchev–Trinajstić information content (AvgIpc) is 2.49. The Kier molecular flexibility index (Phi) is 4.09. The Hall–Kier alpha value is -1.71. The highest BCUT2D eigenvalue weighted by atomic mass is 19.1. The van der Waals surface area contributed by atoms with Gasteiger partial charge in [-0.05, 0) is 23.3 Å². The molecule has 2 aromatic rings. The first kappa shape index (κ1) is 13.3. The van der Waals surface area contributed by atoms with Crippen LogP contribution in [0.3, 0.4) is 0 Å². The smallest absolute Gasteiger partial charge is 0.131 e. The number of piperazine rings is 1. The third-order valence-corrected chi connectivity index (χ3v) is 3.73. The van der Waals surface area contributed by atoms with Crippen LogP contribution in [0.4, 0.5) is 4.39 Å². The summed E-state index contributed by atoms with van der Waals surface area (Å²) in [5, 5.41) is 3.35. The SMILES string of the molecule is Fc1ccccc1-c1cccc(CN2CCNCC2)c1. The van der Waals surface area contributed by atoms with Crippen LogP contribution in [0.2, 0.25) is 0 Å². The van der Waals surface area contributed by atoms with E-state index in [1.54, 1.807) is 6.07 Å². The van der Waals surface area contributed by atoms with E-state index in [4.69, 9.17) is 0 Å². The van der Waals surface area contributed by atoms with E-state index in [0.717, 1.165) is 38.3 Å². The topological polar surface area (TPSA) is 15.3 Å². The van der Waals surface area contributed by atoms with Crippen molar-refractivity contribution < 1.29 is 4.39 Å². The fourth-order valence-corrected chi connectivity index (χ4v) is 2.66. The Labute approximate surface area is 119 Å². The Morgan fingerprint density at radius 1 is 1.00 bits per heavy atom. The van der Waals surface area contributed by atoms with E-state index >= 15 is 0 Å². The Balaban J connectivity index is 1.80. The monoisotopic (exact) mass is 270 g/mol. The van der Waals surface area contributed by atoms with Crippen molar-refractivity contribution in [1.29, 1.82) is 0 Å². The zero-order chi connectivity index (χ0) is 13.8. The summed E-state index contributed by atoms with van der Waals surface area (Å²) in [6.45, 7) is 5.18. The minimum absolute atomic E-state index is 0.160. The van der Waals surface area contributed by atoms with E-state index in [0.29, 0.717) is 5.56 Å². The van der Waals surface area contributed by atoms with Crippen LogP contribution >= 0.6 is 0 Å². The predicted octanol–water partition coefficient (Wildman–Crippen LogP) is 2.90. The van der Waals surface area contributed by atoms with Crippen molar-refractivity contribution in [3.8, 4) is 11.1 Å². The van der Waals surface area contributed by atoms with E-state index in [9.17, 15) is 4.39 Å². The van der Waals surface area contributed by atoms with Crippen LogP contribution in [0.1, 0.15) is 5.56 Å². The van der Waals surface area contributed by atoms with E-state index < -0.39 is 0 Å². The fraction of sp³-hybridized carbons (Fsp3) is 0.294. The standard InChI is InChI=1S/C17H19FN2/c18-17-7-2-1-6-16(17)15-5-3-4-14(12-15)13-20-10-8-19-9-11-20/h1-7,12,19H,8-11,13H2. The maximum absolute atomic E-state index is 13.8. The maximum Gasteiger partial charge on any atom is 0.131 e. The number of hydrogen-bond donors (Lipinski definition) is 1. The summed E-state index contributed by atoms with van der Waals surface area (Å²) in [6.07, 6.45) is 0. The molecule has 1 aliphatic rings. The van der Waals surface area contributed by atoms with Crippen molar-refractivity contribution in [1.82, 2.24) is 10.2 Å². The van der Waals surface area contributed by atoms with Gasteiger partial charge >= 0.3 is 0 Å². The first-order valence-corrected chi connectivity index (χ1v) is 7.10. The summed E-state index contributed by atoms with van der Waals surface area (Å²) in [4.78, 5) is 2.43. The molecule has 1 heterocycles. The van der Waals surface area contributed by atoms with E-state index in [-0.39, 0.29) is 5.82 Å².